The SMILES string of the molecule is CCC(=NNC(=O)c1cc(-c2ccc(F)cc2)n[nH]1)c1ccc(O)cc1. The summed E-state index contributed by atoms with van der Waals surface area (Å²) >= 11 is 0. The topological polar surface area (TPSA) is 90.4 Å². The van der Waals surface area contributed by atoms with Crippen LogP contribution in [0.25, 0.3) is 11.3 Å². The summed E-state index contributed by atoms with van der Waals surface area (Å²) < 4.78 is 13.0. The Morgan fingerprint density at radius 2 is 1.88 bits per heavy atom. The van der Waals surface area contributed by atoms with Crippen molar-refractivity contribution in [3.8, 4) is 17.0 Å². The number of carbonyl (C=O) groups excluding carboxylic acids is 1. The maximum Gasteiger partial charge on any atom is 0.289 e. The molecular weight excluding hydrogens is 335 g/mol. The highest BCUT2D eigenvalue weighted by Crippen LogP contribution is 2.18. The van der Waals surface area contributed by atoms with Gasteiger partial charge in [0.05, 0.1) is 11.4 Å². The molecule has 3 aromatic rings. The van der Waals surface area contributed by atoms with Crippen molar-refractivity contribution in [3.05, 3.63) is 71.7 Å². The summed E-state index contributed by atoms with van der Waals surface area (Å²) in [5.74, 6) is -0.604. The molecule has 0 atom stereocenters. The molecule has 7 heteroatoms. The van der Waals surface area contributed by atoms with Gasteiger partial charge >= 0.3 is 0 Å². The van der Waals surface area contributed by atoms with E-state index < -0.39 is 5.91 Å². The van der Waals surface area contributed by atoms with Gasteiger partial charge in [0, 0.05) is 5.56 Å². The minimum atomic E-state index is -0.435. The van der Waals surface area contributed by atoms with Gasteiger partial charge in [-0.2, -0.15) is 10.2 Å². The predicted molar refractivity (Wildman–Crippen MR) is 96.4 cm³/mol. The number of nitrogens with one attached hydrogen (secondary N) is 2. The normalized spacial score (nSPS) is 11.4. The third-order valence-electron chi connectivity index (χ3n) is 3.79. The highest BCUT2D eigenvalue weighted by molar-refractivity contribution is 6.02. The number of hydrogen-bond acceptors (Lipinski definition) is 4. The highest BCUT2D eigenvalue weighted by atomic mass is 19.1. The lowest BCUT2D eigenvalue weighted by molar-refractivity contribution is 0.0950. The third-order valence-corrected chi connectivity index (χ3v) is 3.79. The van der Waals surface area contributed by atoms with E-state index in [0.29, 0.717) is 23.4 Å². The first-order chi connectivity index (χ1) is 12.6. The van der Waals surface area contributed by atoms with Gasteiger partial charge < -0.3 is 5.11 Å². The van der Waals surface area contributed by atoms with Crippen molar-refractivity contribution in [2.45, 2.75) is 13.3 Å². The van der Waals surface area contributed by atoms with Crippen LogP contribution < -0.4 is 5.43 Å². The molecule has 6 nitrogen and oxygen atoms in total. The fourth-order valence-corrected chi connectivity index (χ4v) is 2.39. The number of nitrogens with zero attached hydrogens (tertiary/aromatic N) is 2. The molecule has 2 aromatic carbocycles. The minimum absolute atomic E-state index is 0.166. The molecule has 132 valence electrons. The second kappa shape index (κ2) is 7.60. The van der Waals surface area contributed by atoms with Gasteiger partial charge in [0.2, 0.25) is 0 Å². The molecule has 0 bridgehead atoms. The molecule has 3 rings (SSSR count). The summed E-state index contributed by atoms with van der Waals surface area (Å²) in [6, 6.07) is 14.0. The molecule has 1 amide bonds. The number of benzene rings is 2. The minimum Gasteiger partial charge on any atom is -0.508 e. The maximum absolute atomic E-state index is 13.0. The van der Waals surface area contributed by atoms with Crippen LogP contribution in [0.15, 0.2) is 59.7 Å². The number of hydrazone groups is 1. The predicted octanol–water partition coefficient (Wildman–Crippen LogP) is 3.47. The van der Waals surface area contributed by atoms with E-state index in [2.05, 4.69) is 20.7 Å². The number of carbonyl (C=O) groups is 1. The van der Waals surface area contributed by atoms with Gasteiger partial charge in [-0.3, -0.25) is 9.89 Å². The third kappa shape index (κ3) is 3.94. The first-order valence-corrected chi connectivity index (χ1v) is 8.04. The van der Waals surface area contributed by atoms with E-state index in [1.807, 2.05) is 6.92 Å². The average molecular weight is 352 g/mol. The first kappa shape index (κ1) is 17.3. The first-order valence-electron chi connectivity index (χ1n) is 8.04. The largest absolute Gasteiger partial charge is 0.508 e. The van der Waals surface area contributed by atoms with Crippen molar-refractivity contribution in [1.29, 1.82) is 0 Å². The van der Waals surface area contributed by atoms with E-state index in [4.69, 9.17) is 0 Å². The zero-order chi connectivity index (χ0) is 18.5. The zero-order valence-electron chi connectivity index (χ0n) is 14.0. The Balaban J connectivity index is 1.73. The number of aromatic hydroxyl groups is 1. The second-order valence-corrected chi connectivity index (χ2v) is 5.57. The molecule has 0 radical (unpaired) electrons. The van der Waals surface area contributed by atoms with E-state index in [1.54, 1.807) is 42.5 Å². The van der Waals surface area contributed by atoms with Crippen LogP contribution in [0.2, 0.25) is 0 Å². The van der Waals surface area contributed by atoms with Crippen molar-refractivity contribution < 1.29 is 14.3 Å². The molecule has 0 fully saturated rings. The molecule has 1 heterocycles. The van der Waals surface area contributed by atoms with E-state index in [1.165, 1.54) is 12.1 Å². The fraction of sp³-hybridized carbons (Fsp3) is 0.105. The number of aromatic amines is 1. The van der Waals surface area contributed by atoms with Gasteiger partial charge in [-0.05, 0) is 66.6 Å². The summed E-state index contributed by atoms with van der Waals surface area (Å²) in [7, 11) is 0. The van der Waals surface area contributed by atoms with Crippen LogP contribution in [-0.2, 0) is 0 Å². The van der Waals surface area contributed by atoms with Crippen LogP contribution in [0.4, 0.5) is 4.39 Å². The van der Waals surface area contributed by atoms with Crippen LogP contribution in [0.3, 0.4) is 0 Å². The lowest BCUT2D eigenvalue weighted by Gasteiger charge is -2.04. The second-order valence-electron chi connectivity index (χ2n) is 5.57. The van der Waals surface area contributed by atoms with Crippen molar-refractivity contribution in [1.82, 2.24) is 15.6 Å². The fourth-order valence-electron chi connectivity index (χ4n) is 2.39. The molecule has 0 saturated carbocycles. The lowest BCUT2D eigenvalue weighted by Crippen LogP contribution is -2.20. The monoisotopic (exact) mass is 352 g/mol. The van der Waals surface area contributed by atoms with Crippen molar-refractivity contribution >= 4 is 11.6 Å². The standard InChI is InChI=1S/C19H17FN4O2/c1-2-16(12-5-9-15(25)10-6-12)21-24-19(26)18-11-17(22-23-18)13-3-7-14(20)8-4-13/h3-11,25H,2H2,1H3,(H,22,23)(H,24,26). The zero-order valence-corrected chi connectivity index (χ0v) is 14.0. The van der Waals surface area contributed by atoms with Crippen LogP contribution >= 0.6 is 0 Å². The Labute approximate surface area is 149 Å². The molecule has 0 unspecified atom stereocenters. The Hall–Kier alpha value is -3.48. The molecule has 3 N–H and O–H groups in total. The summed E-state index contributed by atoms with van der Waals surface area (Å²) in [6.07, 6.45) is 0.606. The highest BCUT2D eigenvalue weighted by Gasteiger charge is 2.11. The smallest absolute Gasteiger partial charge is 0.289 e. The van der Waals surface area contributed by atoms with Gasteiger partial charge in [-0.25, -0.2) is 9.82 Å². The number of phenols is 1. The number of halogens is 1. The number of amides is 1. The summed E-state index contributed by atoms with van der Waals surface area (Å²) in [5, 5.41) is 20.2. The van der Waals surface area contributed by atoms with Gasteiger partial charge in [0.1, 0.15) is 17.3 Å². The van der Waals surface area contributed by atoms with Gasteiger partial charge in [0.15, 0.2) is 0 Å². The number of phenolic OH excluding ortho intramolecular Hbond substituents is 1. The molecule has 26 heavy (non-hydrogen) atoms. The molecule has 0 aliphatic heterocycles. The number of hydrogen-bond donors (Lipinski definition) is 3. The summed E-state index contributed by atoms with van der Waals surface area (Å²) in [5.41, 5.74) is 5.46. The van der Waals surface area contributed by atoms with Gasteiger partial charge in [-0.15, -0.1) is 0 Å². The quantitative estimate of drug-likeness (QED) is 0.485. The molecular formula is C19H17FN4O2. The molecule has 0 spiro atoms. The van der Waals surface area contributed by atoms with Crippen LogP contribution in [-0.4, -0.2) is 26.9 Å². The van der Waals surface area contributed by atoms with Gasteiger partial charge in [0.25, 0.3) is 5.91 Å². The summed E-state index contributed by atoms with van der Waals surface area (Å²) in [4.78, 5) is 12.3. The number of aromatic nitrogens is 2. The Morgan fingerprint density at radius 3 is 2.54 bits per heavy atom. The van der Waals surface area contributed by atoms with Crippen molar-refractivity contribution in [3.63, 3.8) is 0 Å². The maximum atomic E-state index is 13.0. The Bertz CT molecular complexity index is 931. The van der Waals surface area contributed by atoms with E-state index in [9.17, 15) is 14.3 Å². The van der Waals surface area contributed by atoms with E-state index >= 15 is 0 Å². The average Bonchev–Trinajstić information content (AvgIpc) is 3.14. The molecule has 1 aromatic heterocycles. The Kier molecular flexibility index (Phi) is 5.07. The molecule has 0 aliphatic carbocycles. The number of H-pyrrole nitrogens is 1. The Morgan fingerprint density at radius 1 is 1.19 bits per heavy atom. The van der Waals surface area contributed by atoms with Crippen molar-refractivity contribution in [2.75, 3.05) is 0 Å². The van der Waals surface area contributed by atoms with E-state index in [-0.39, 0.29) is 17.3 Å². The molecule has 0 saturated heterocycles. The van der Waals surface area contributed by atoms with Crippen molar-refractivity contribution in [2.24, 2.45) is 5.10 Å². The molecule has 0 aliphatic rings. The van der Waals surface area contributed by atoms with Gasteiger partial charge in [-0.1, -0.05) is 6.92 Å². The van der Waals surface area contributed by atoms with Crippen LogP contribution in [0, 0.1) is 5.82 Å². The van der Waals surface area contributed by atoms with Crippen LogP contribution in [0.1, 0.15) is 29.4 Å². The lowest BCUT2D eigenvalue weighted by atomic mass is 10.1. The van der Waals surface area contributed by atoms with Crippen LogP contribution in [0.5, 0.6) is 5.75 Å². The van der Waals surface area contributed by atoms with E-state index in [0.717, 1.165) is 5.56 Å². The summed E-state index contributed by atoms with van der Waals surface area (Å²) in [6.45, 7) is 1.92. The number of rotatable bonds is 5.